The quantitative estimate of drug-likeness (QED) is 0.485. The maximum atomic E-state index is 12.2. The van der Waals surface area contributed by atoms with Crippen LogP contribution in [0, 0.1) is 0 Å². The molecule has 2 rings (SSSR count). The van der Waals surface area contributed by atoms with E-state index in [2.05, 4.69) is 5.32 Å². The van der Waals surface area contributed by atoms with Crippen LogP contribution in [-0.2, 0) is 10.5 Å². The number of methoxy groups -OCH3 is 1. The molecule has 1 amide bonds. The molecule has 0 radical (unpaired) electrons. The van der Waals surface area contributed by atoms with Crippen molar-refractivity contribution in [2.45, 2.75) is 22.8 Å². The molecule has 0 aromatic heterocycles. The highest BCUT2D eigenvalue weighted by atomic mass is 35.5. The van der Waals surface area contributed by atoms with E-state index in [1.807, 2.05) is 55.5 Å². The van der Waals surface area contributed by atoms with Gasteiger partial charge >= 0.3 is 0 Å². The summed E-state index contributed by atoms with van der Waals surface area (Å²) in [5, 5.41) is 3.62. The van der Waals surface area contributed by atoms with Gasteiger partial charge in [0, 0.05) is 28.0 Å². The third-order valence-electron chi connectivity index (χ3n) is 3.47. The van der Waals surface area contributed by atoms with Gasteiger partial charge in [0.25, 0.3) is 0 Å². The van der Waals surface area contributed by atoms with Gasteiger partial charge < -0.3 is 10.1 Å². The summed E-state index contributed by atoms with van der Waals surface area (Å²) in [6.45, 7) is 2.59. The Hall–Kier alpha value is -1.30. The first kappa shape index (κ1) is 20.0. The Morgan fingerprint density at radius 2 is 1.84 bits per heavy atom. The molecular formula is C19H22ClNO2S2. The molecule has 0 spiro atoms. The molecule has 134 valence electrons. The summed E-state index contributed by atoms with van der Waals surface area (Å²) in [5.74, 6) is 2.68. The number of carbonyl (C=O) groups excluding carboxylic acids is 1. The van der Waals surface area contributed by atoms with Gasteiger partial charge in [-0.25, -0.2) is 0 Å². The zero-order valence-corrected chi connectivity index (χ0v) is 16.7. The number of ether oxygens (including phenoxy) is 1. The molecule has 0 saturated heterocycles. The van der Waals surface area contributed by atoms with Gasteiger partial charge in [-0.3, -0.25) is 4.79 Å². The van der Waals surface area contributed by atoms with Crippen molar-refractivity contribution in [3.05, 3.63) is 59.1 Å². The summed E-state index contributed by atoms with van der Waals surface area (Å²) in [4.78, 5) is 13.2. The monoisotopic (exact) mass is 395 g/mol. The van der Waals surface area contributed by atoms with Crippen molar-refractivity contribution in [1.29, 1.82) is 0 Å². The highest BCUT2D eigenvalue weighted by Gasteiger charge is 2.13. The Kier molecular flexibility index (Phi) is 8.52. The number of hydrogen-bond donors (Lipinski definition) is 1. The Morgan fingerprint density at radius 3 is 2.48 bits per heavy atom. The molecule has 0 bridgehead atoms. The summed E-state index contributed by atoms with van der Waals surface area (Å²) in [7, 11) is 1.64. The number of hydrogen-bond acceptors (Lipinski definition) is 4. The lowest BCUT2D eigenvalue weighted by Gasteiger charge is -2.12. The highest BCUT2D eigenvalue weighted by Crippen LogP contribution is 2.25. The van der Waals surface area contributed by atoms with E-state index in [4.69, 9.17) is 16.3 Å². The fourth-order valence-electron chi connectivity index (χ4n) is 2.07. The minimum absolute atomic E-state index is 0.0629. The van der Waals surface area contributed by atoms with Gasteiger partial charge in [0.1, 0.15) is 5.75 Å². The van der Waals surface area contributed by atoms with Crippen LogP contribution in [0.3, 0.4) is 0 Å². The van der Waals surface area contributed by atoms with E-state index in [0.29, 0.717) is 6.54 Å². The second kappa shape index (κ2) is 10.6. The van der Waals surface area contributed by atoms with Crippen LogP contribution in [-0.4, -0.2) is 30.6 Å². The molecule has 25 heavy (non-hydrogen) atoms. The first-order valence-electron chi connectivity index (χ1n) is 7.99. The summed E-state index contributed by atoms with van der Waals surface area (Å²) >= 11 is 9.21. The molecule has 0 aliphatic carbocycles. The number of carbonyl (C=O) groups is 1. The number of amides is 1. The molecule has 0 aliphatic heterocycles. The van der Waals surface area contributed by atoms with Gasteiger partial charge in [0.15, 0.2) is 0 Å². The second-order valence-corrected chi connectivity index (χ2v) is 8.36. The van der Waals surface area contributed by atoms with Crippen molar-refractivity contribution in [2.75, 3.05) is 19.4 Å². The van der Waals surface area contributed by atoms with E-state index in [-0.39, 0.29) is 11.2 Å². The summed E-state index contributed by atoms with van der Waals surface area (Å²) in [6.07, 6.45) is 0. The lowest BCUT2D eigenvalue weighted by molar-refractivity contribution is -0.120. The van der Waals surface area contributed by atoms with E-state index >= 15 is 0 Å². The van der Waals surface area contributed by atoms with Crippen LogP contribution in [0.4, 0.5) is 0 Å². The number of benzene rings is 2. The molecule has 1 atom stereocenters. The molecule has 2 aromatic rings. The standard InChI is InChI=1S/C19H22ClNO2S2/c1-14(25-18-9-7-17(23-2)8-10-18)19(22)21-11-12-24-13-15-3-5-16(20)6-4-15/h3-10,14H,11-13H2,1-2H3,(H,21,22). The largest absolute Gasteiger partial charge is 0.497 e. The normalized spacial score (nSPS) is 11.8. The lowest BCUT2D eigenvalue weighted by Crippen LogP contribution is -2.32. The zero-order chi connectivity index (χ0) is 18.1. The summed E-state index contributed by atoms with van der Waals surface area (Å²) < 4.78 is 5.14. The van der Waals surface area contributed by atoms with Gasteiger partial charge in [-0.05, 0) is 48.9 Å². The predicted octanol–water partition coefficient (Wildman–Crippen LogP) is 4.88. The van der Waals surface area contributed by atoms with Crippen LogP contribution >= 0.6 is 35.1 Å². The van der Waals surface area contributed by atoms with Crippen LogP contribution in [0.2, 0.25) is 5.02 Å². The zero-order valence-electron chi connectivity index (χ0n) is 14.3. The first-order chi connectivity index (χ1) is 12.1. The maximum absolute atomic E-state index is 12.2. The van der Waals surface area contributed by atoms with Crippen molar-refractivity contribution in [2.24, 2.45) is 0 Å². The van der Waals surface area contributed by atoms with E-state index in [9.17, 15) is 4.79 Å². The predicted molar refractivity (Wildman–Crippen MR) is 109 cm³/mol. The van der Waals surface area contributed by atoms with Crippen molar-refractivity contribution in [3.8, 4) is 5.75 Å². The number of thioether (sulfide) groups is 2. The van der Waals surface area contributed by atoms with Gasteiger partial charge in [0.05, 0.1) is 12.4 Å². The Bertz CT molecular complexity index is 662. The van der Waals surface area contributed by atoms with E-state index < -0.39 is 0 Å². The third kappa shape index (κ3) is 7.22. The summed E-state index contributed by atoms with van der Waals surface area (Å²) in [6, 6.07) is 15.6. The maximum Gasteiger partial charge on any atom is 0.233 e. The summed E-state index contributed by atoms with van der Waals surface area (Å²) in [5.41, 5.74) is 1.24. The fraction of sp³-hybridized carbons (Fsp3) is 0.316. The molecule has 6 heteroatoms. The SMILES string of the molecule is COc1ccc(SC(C)C(=O)NCCSCc2ccc(Cl)cc2)cc1. The Morgan fingerprint density at radius 1 is 1.16 bits per heavy atom. The number of nitrogens with one attached hydrogen (secondary N) is 1. The molecular weight excluding hydrogens is 374 g/mol. The van der Waals surface area contributed by atoms with Gasteiger partial charge in [0.2, 0.25) is 5.91 Å². The molecule has 0 aliphatic rings. The number of halogens is 1. The van der Waals surface area contributed by atoms with Crippen molar-refractivity contribution in [3.63, 3.8) is 0 Å². The third-order valence-corrected chi connectivity index (χ3v) is 5.86. The van der Waals surface area contributed by atoms with Crippen LogP contribution in [0.15, 0.2) is 53.4 Å². The molecule has 0 heterocycles. The van der Waals surface area contributed by atoms with E-state index in [0.717, 1.165) is 27.2 Å². The first-order valence-corrected chi connectivity index (χ1v) is 10.4. The van der Waals surface area contributed by atoms with Gasteiger partial charge in [-0.2, -0.15) is 11.8 Å². The second-order valence-electron chi connectivity index (χ2n) is 5.41. The minimum Gasteiger partial charge on any atom is -0.497 e. The lowest BCUT2D eigenvalue weighted by atomic mass is 10.2. The van der Waals surface area contributed by atoms with Crippen LogP contribution < -0.4 is 10.1 Å². The molecule has 2 aromatic carbocycles. The smallest absolute Gasteiger partial charge is 0.233 e. The molecule has 0 saturated carbocycles. The molecule has 1 N–H and O–H groups in total. The Balaban J connectivity index is 1.64. The average Bonchev–Trinajstić information content (AvgIpc) is 2.63. The minimum atomic E-state index is -0.130. The fourth-order valence-corrected chi connectivity index (χ4v) is 3.91. The topological polar surface area (TPSA) is 38.3 Å². The van der Waals surface area contributed by atoms with Crippen molar-refractivity contribution < 1.29 is 9.53 Å². The van der Waals surface area contributed by atoms with E-state index in [1.165, 1.54) is 5.56 Å². The Labute approximate surface area is 162 Å². The van der Waals surface area contributed by atoms with Gasteiger partial charge in [-0.1, -0.05) is 23.7 Å². The molecule has 3 nitrogen and oxygen atoms in total. The average molecular weight is 396 g/mol. The van der Waals surface area contributed by atoms with Crippen molar-refractivity contribution >= 4 is 41.0 Å². The van der Waals surface area contributed by atoms with Crippen LogP contribution in [0.5, 0.6) is 5.75 Å². The van der Waals surface area contributed by atoms with Crippen molar-refractivity contribution in [1.82, 2.24) is 5.32 Å². The highest BCUT2D eigenvalue weighted by molar-refractivity contribution is 8.00. The number of rotatable bonds is 9. The van der Waals surface area contributed by atoms with Crippen LogP contribution in [0.1, 0.15) is 12.5 Å². The molecule has 0 fully saturated rings. The molecule has 1 unspecified atom stereocenters. The van der Waals surface area contributed by atoms with Gasteiger partial charge in [-0.15, -0.1) is 11.8 Å². The van der Waals surface area contributed by atoms with E-state index in [1.54, 1.807) is 30.6 Å². The van der Waals surface area contributed by atoms with Crippen LogP contribution in [0.25, 0.3) is 0 Å².